The lowest BCUT2D eigenvalue weighted by Gasteiger charge is -2.34. The van der Waals surface area contributed by atoms with Gasteiger partial charge in [-0.15, -0.1) is 0 Å². The van der Waals surface area contributed by atoms with Crippen molar-refractivity contribution in [1.29, 1.82) is 0 Å². The maximum Gasteiger partial charge on any atom is 0.394 e. The maximum absolute atomic E-state index is 12.9. The van der Waals surface area contributed by atoms with E-state index >= 15 is 0 Å². The van der Waals surface area contributed by atoms with E-state index in [9.17, 15) is 22.8 Å². The molecule has 2 rings (SSSR count). The van der Waals surface area contributed by atoms with E-state index in [-0.39, 0.29) is 12.6 Å². The van der Waals surface area contributed by atoms with Crippen LogP contribution in [0.25, 0.3) is 0 Å². The monoisotopic (exact) mass is 322 g/mol. The van der Waals surface area contributed by atoms with Gasteiger partial charge in [-0.05, 0) is 12.8 Å². The second kappa shape index (κ2) is 6.34. The predicted octanol–water partition coefficient (Wildman–Crippen LogP) is 2.57. The Hall–Kier alpha value is -1.47. The third-order valence-electron chi connectivity index (χ3n) is 4.75. The van der Waals surface area contributed by atoms with Gasteiger partial charge >= 0.3 is 18.2 Å². The molecule has 126 valence electrons. The minimum atomic E-state index is -4.61. The second-order valence-electron chi connectivity index (χ2n) is 6.18. The molecule has 1 N–H and O–H groups in total. The van der Waals surface area contributed by atoms with Crippen molar-refractivity contribution < 1.29 is 27.9 Å². The van der Waals surface area contributed by atoms with Gasteiger partial charge in [-0.1, -0.05) is 19.3 Å². The van der Waals surface area contributed by atoms with Gasteiger partial charge in [-0.3, -0.25) is 4.79 Å². The van der Waals surface area contributed by atoms with Crippen LogP contribution >= 0.6 is 0 Å². The number of carboxylic acid groups (broad SMARTS) is 1. The molecule has 0 aromatic carbocycles. The van der Waals surface area contributed by atoms with E-state index in [0.717, 1.165) is 37.0 Å². The first-order chi connectivity index (χ1) is 10.2. The van der Waals surface area contributed by atoms with Crippen LogP contribution in [-0.4, -0.2) is 59.3 Å². The van der Waals surface area contributed by atoms with Crippen LogP contribution in [0.3, 0.4) is 0 Å². The van der Waals surface area contributed by atoms with Crippen molar-refractivity contribution in [2.45, 2.75) is 44.3 Å². The van der Waals surface area contributed by atoms with Gasteiger partial charge in [0.25, 0.3) is 0 Å². The molecule has 0 bridgehead atoms. The van der Waals surface area contributed by atoms with E-state index in [0.29, 0.717) is 0 Å². The van der Waals surface area contributed by atoms with Crippen molar-refractivity contribution in [3.63, 3.8) is 0 Å². The number of rotatable bonds is 2. The van der Waals surface area contributed by atoms with Crippen LogP contribution in [0.5, 0.6) is 0 Å². The third-order valence-corrected chi connectivity index (χ3v) is 4.75. The number of likely N-dealkylation sites (tertiary alicyclic amines) is 1. The van der Waals surface area contributed by atoms with Crippen molar-refractivity contribution in [2.75, 3.05) is 20.1 Å². The first-order valence-electron chi connectivity index (χ1n) is 7.53. The molecule has 1 aliphatic carbocycles. The number of aliphatic carboxylic acids is 1. The van der Waals surface area contributed by atoms with Gasteiger partial charge in [0.2, 0.25) is 0 Å². The molecular weight excluding hydrogens is 301 g/mol. The smallest absolute Gasteiger partial charge is 0.394 e. The Morgan fingerprint density at radius 2 is 1.73 bits per heavy atom. The highest BCUT2D eigenvalue weighted by Crippen LogP contribution is 2.38. The van der Waals surface area contributed by atoms with Crippen LogP contribution in [0, 0.1) is 11.8 Å². The number of amides is 2. The average molecular weight is 322 g/mol. The van der Waals surface area contributed by atoms with E-state index in [4.69, 9.17) is 5.11 Å². The molecule has 8 heteroatoms. The number of halogens is 3. The van der Waals surface area contributed by atoms with Gasteiger partial charge in [-0.2, -0.15) is 13.2 Å². The summed E-state index contributed by atoms with van der Waals surface area (Å²) < 4.78 is 38.8. The van der Waals surface area contributed by atoms with E-state index < -0.39 is 36.6 Å². The van der Waals surface area contributed by atoms with Crippen LogP contribution < -0.4 is 0 Å². The zero-order valence-electron chi connectivity index (χ0n) is 12.5. The molecule has 0 aromatic heterocycles. The largest absolute Gasteiger partial charge is 0.481 e. The highest BCUT2D eigenvalue weighted by atomic mass is 19.4. The fourth-order valence-corrected chi connectivity index (χ4v) is 3.39. The van der Waals surface area contributed by atoms with Crippen molar-refractivity contribution >= 4 is 12.0 Å². The standard InChI is InChI=1S/C14H21F3N2O3/c1-18(9-5-3-2-4-6-9)13(22)19-7-10(12(20)21)11(8-19)14(15,16)17/h9-11H,2-8H2,1H3,(H,20,21)/t10-,11-/m1/s1. The van der Waals surface area contributed by atoms with Gasteiger partial charge in [0, 0.05) is 26.2 Å². The number of carbonyl (C=O) groups excluding carboxylic acids is 1. The molecule has 1 saturated carbocycles. The van der Waals surface area contributed by atoms with Crippen molar-refractivity contribution in [3.8, 4) is 0 Å². The quantitative estimate of drug-likeness (QED) is 0.850. The second-order valence-corrected chi connectivity index (χ2v) is 6.18. The summed E-state index contributed by atoms with van der Waals surface area (Å²) in [5.74, 6) is -5.07. The van der Waals surface area contributed by atoms with E-state index in [2.05, 4.69) is 0 Å². The Morgan fingerprint density at radius 3 is 2.18 bits per heavy atom. The molecular formula is C14H21F3N2O3. The Labute approximate surface area is 127 Å². The van der Waals surface area contributed by atoms with E-state index in [1.165, 1.54) is 4.90 Å². The zero-order valence-corrected chi connectivity index (χ0v) is 12.5. The molecule has 2 aliphatic rings. The zero-order chi connectivity index (χ0) is 16.5. The van der Waals surface area contributed by atoms with Gasteiger partial charge < -0.3 is 14.9 Å². The van der Waals surface area contributed by atoms with Crippen LogP contribution in [0.1, 0.15) is 32.1 Å². The van der Waals surface area contributed by atoms with Crippen molar-refractivity contribution in [3.05, 3.63) is 0 Å². The summed E-state index contributed by atoms with van der Waals surface area (Å²) in [6, 6.07) is -0.459. The van der Waals surface area contributed by atoms with Crippen molar-refractivity contribution in [2.24, 2.45) is 11.8 Å². The summed E-state index contributed by atoms with van der Waals surface area (Å²) in [5, 5.41) is 8.98. The summed E-state index contributed by atoms with van der Waals surface area (Å²) in [6.45, 7) is -0.953. The number of carboxylic acids is 1. The number of carbonyl (C=O) groups is 2. The molecule has 1 heterocycles. The highest BCUT2D eigenvalue weighted by Gasteiger charge is 2.54. The minimum absolute atomic E-state index is 0.0365. The Morgan fingerprint density at radius 1 is 1.14 bits per heavy atom. The number of hydrogen-bond donors (Lipinski definition) is 1. The van der Waals surface area contributed by atoms with Gasteiger partial charge in [-0.25, -0.2) is 4.79 Å². The normalized spacial score (nSPS) is 27.0. The predicted molar refractivity (Wildman–Crippen MR) is 72.3 cm³/mol. The minimum Gasteiger partial charge on any atom is -0.481 e. The Balaban J connectivity index is 2.05. The van der Waals surface area contributed by atoms with Crippen LogP contribution in [0.4, 0.5) is 18.0 Å². The first kappa shape index (κ1) is 16.9. The lowest BCUT2D eigenvalue weighted by atomic mass is 9.95. The van der Waals surface area contributed by atoms with E-state index in [1.54, 1.807) is 7.05 Å². The molecule has 1 saturated heterocycles. The van der Waals surface area contributed by atoms with E-state index in [1.807, 2.05) is 0 Å². The lowest BCUT2D eigenvalue weighted by molar-refractivity contribution is -0.187. The highest BCUT2D eigenvalue weighted by molar-refractivity contribution is 5.78. The first-order valence-corrected chi connectivity index (χ1v) is 7.53. The molecule has 22 heavy (non-hydrogen) atoms. The number of hydrogen-bond acceptors (Lipinski definition) is 2. The number of urea groups is 1. The fraction of sp³-hybridized carbons (Fsp3) is 0.857. The lowest BCUT2D eigenvalue weighted by Crippen LogP contribution is -2.46. The van der Waals surface area contributed by atoms with Crippen LogP contribution in [0.2, 0.25) is 0 Å². The molecule has 2 amide bonds. The number of alkyl halides is 3. The molecule has 1 aliphatic heterocycles. The molecule has 0 aromatic rings. The molecule has 2 atom stereocenters. The number of nitrogens with zero attached hydrogens (tertiary/aromatic N) is 2. The molecule has 0 unspecified atom stereocenters. The topological polar surface area (TPSA) is 60.9 Å². The molecule has 0 radical (unpaired) electrons. The Bertz CT molecular complexity index is 436. The molecule has 2 fully saturated rings. The molecule has 5 nitrogen and oxygen atoms in total. The van der Waals surface area contributed by atoms with Gasteiger partial charge in [0.1, 0.15) is 0 Å². The summed E-state index contributed by atoms with van der Waals surface area (Å²) in [5.41, 5.74) is 0. The summed E-state index contributed by atoms with van der Waals surface area (Å²) >= 11 is 0. The summed E-state index contributed by atoms with van der Waals surface area (Å²) in [6.07, 6.45) is 0.208. The van der Waals surface area contributed by atoms with Crippen LogP contribution in [-0.2, 0) is 4.79 Å². The summed E-state index contributed by atoms with van der Waals surface area (Å²) in [4.78, 5) is 25.9. The van der Waals surface area contributed by atoms with Crippen LogP contribution in [0.15, 0.2) is 0 Å². The molecule has 0 spiro atoms. The average Bonchev–Trinajstić information content (AvgIpc) is 2.92. The maximum atomic E-state index is 12.9. The van der Waals surface area contributed by atoms with Crippen molar-refractivity contribution in [1.82, 2.24) is 9.80 Å². The van der Waals surface area contributed by atoms with Gasteiger partial charge in [0.15, 0.2) is 0 Å². The SMILES string of the molecule is CN(C(=O)N1C[C@@H](C(F)(F)F)[C@H](C(=O)O)C1)C1CCCCC1. The summed E-state index contributed by atoms with van der Waals surface area (Å²) in [7, 11) is 1.59. The third kappa shape index (κ3) is 3.47. The fourth-order valence-electron chi connectivity index (χ4n) is 3.39. The van der Waals surface area contributed by atoms with Gasteiger partial charge in [0.05, 0.1) is 11.8 Å². The Kier molecular flexibility index (Phi) is 4.87.